The van der Waals surface area contributed by atoms with Crippen LogP contribution in [0.5, 0.6) is 0 Å². The van der Waals surface area contributed by atoms with Crippen LogP contribution in [0.15, 0.2) is 30.5 Å². The molecule has 3 N–H and O–H groups in total. The van der Waals surface area contributed by atoms with Crippen LogP contribution in [-0.4, -0.2) is 33.1 Å². The quantitative estimate of drug-likeness (QED) is 0.589. The molecule has 0 saturated carbocycles. The number of H-pyrrole nitrogens is 1. The van der Waals surface area contributed by atoms with Gasteiger partial charge in [-0.15, -0.1) is 0 Å². The Labute approximate surface area is 171 Å². The van der Waals surface area contributed by atoms with E-state index in [-0.39, 0.29) is 28.9 Å². The molecule has 1 aromatic carbocycles. The Morgan fingerprint density at radius 3 is 2.73 bits per heavy atom. The molecule has 0 bridgehead atoms. The molecule has 156 valence electrons. The van der Waals surface area contributed by atoms with Gasteiger partial charge in [0.1, 0.15) is 11.3 Å². The number of hydrogen-bond acceptors (Lipinski definition) is 5. The molecule has 1 unspecified atom stereocenters. The van der Waals surface area contributed by atoms with Gasteiger partial charge in [0.15, 0.2) is 0 Å². The Bertz CT molecular complexity index is 1120. The van der Waals surface area contributed by atoms with Gasteiger partial charge in [-0.05, 0) is 51.0 Å². The summed E-state index contributed by atoms with van der Waals surface area (Å²) in [6.07, 6.45) is -1.99. The van der Waals surface area contributed by atoms with Crippen molar-refractivity contribution >= 4 is 16.9 Å². The first-order valence-electron chi connectivity index (χ1n) is 9.64. The maximum absolute atomic E-state index is 13.6. The second-order valence-corrected chi connectivity index (χ2v) is 8.20. The monoisotopic (exact) mass is 414 g/mol. The van der Waals surface area contributed by atoms with Crippen molar-refractivity contribution in [2.75, 3.05) is 11.9 Å². The number of nitrogens with zero attached hydrogens (tertiary/aromatic N) is 3. The summed E-state index contributed by atoms with van der Waals surface area (Å²) in [4.78, 5) is 11.1. The highest BCUT2D eigenvalue weighted by molar-refractivity contribution is 5.87. The van der Waals surface area contributed by atoms with Crippen LogP contribution in [0.2, 0.25) is 0 Å². The van der Waals surface area contributed by atoms with Crippen molar-refractivity contribution in [3.63, 3.8) is 0 Å². The molecule has 0 spiro atoms. The molecule has 3 aromatic rings. The molecule has 9 heteroatoms. The van der Waals surface area contributed by atoms with Gasteiger partial charge in [-0.25, -0.2) is 9.97 Å². The first kappa shape index (κ1) is 20.2. The summed E-state index contributed by atoms with van der Waals surface area (Å²) in [5.41, 5.74) is 0.185. The summed E-state index contributed by atoms with van der Waals surface area (Å²) in [5.74, 6) is 0.154. The number of rotatable bonds is 3. The fourth-order valence-electron chi connectivity index (χ4n) is 3.62. The van der Waals surface area contributed by atoms with E-state index in [1.165, 1.54) is 0 Å². The van der Waals surface area contributed by atoms with Gasteiger partial charge in [0.05, 0.1) is 17.3 Å². The number of alkyl halides is 3. The summed E-state index contributed by atoms with van der Waals surface area (Å²) in [6.45, 7) is 4.91. The normalized spacial score (nSPS) is 18.9. The molecular formula is C21H21F3N6. The minimum absolute atomic E-state index is 0.0310. The van der Waals surface area contributed by atoms with E-state index < -0.39 is 11.7 Å². The van der Waals surface area contributed by atoms with Gasteiger partial charge in [0, 0.05) is 35.2 Å². The molecule has 3 heterocycles. The number of hydrogen-bond donors (Lipinski definition) is 3. The molecular weight excluding hydrogens is 393 g/mol. The van der Waals surface area contributed by atoms with E-state index >= 15 is 0 Å². The molecule has 0 aliphatic carbocycles. The number of aromatic nitrogens is 3. The van der Waals surface area contributed by atoms with Crippen molar-refractivity contribution in [3.8, 4) is 17.5 Å². The standard InChI is InChI=1S/C21H21F3N6/c1-20(2)6-5-14(10-27-20)28-19-26-11-15(21(22,23)24)18(30-19)17-8-13-7-12(9-25)3-4-16(13)29-17/h3-4,7-8,11,14,27,29H,5-6,10H2,1-2H3,(H,26,28,30). The fraction of sp³-hybridized carbons (Fsp3) is 0.381. The molecule has 4 rings (SSSR count). The number of nitrogens with one attached hydrogen (secondary N) is 3. The molecule has 30 heavy (non-hydrogen) atoms. The molecule has 1 fully saturated rings. The smallest absolute Gasteiger partial charge is 0.353 e. The summed E-state index contributed by atoms with van der Waals surface area (Å²) >= 11 is 0. The first-order valence-corrected chi connectivity index (χ1v) is 9.64. The van der Waals surface area contributed by atoms with Gasteiger partial charge in [-0.3, -0.25) is 0 Å². The van der Waals surface area contributed by atoms with Crippen LogP contribution in [0.4, 0.5) is 19.1 Å². The summed E-state index contributed by atoms with van der Waals surface area (Å²) in [5, 5.41) is 16.3. The van der Waals surface area contributed by atoms with Crippen LogP contribution < -0.4 is 10.6 Å². The Hall–Kier alpha value is -3.12. The molecule has 1 saturated heterocycles. The predicted molar refractivity (Wildman–Crippen MR) is 108 cm³/mol. The highest BCUT2D eigenvalue weighted by Gasteiger charge is 2.36. The fourth-order valence-corrected chi connectivity index (χ4v) is 3.62. The van der Waals surface area contributed by atoms with E-state index in [4.69, 9.17) is 5.26 Å². The second-order valence-electron chi connectivity index (χ2n) is 8.20. The lowest BCUT2D eigenvalue weighted by molar-refractivity contribution is -0.137. The molecule has 1 aliphatic rings. The van der Waals surface area contributed by atoms with E-state index in [1.54, 1.807) is 24.3 Å². The van der Waals surface area contributed by atoms with E-state index in [2.05, 4.69) is 39.4 Å². The maximum atomic E-state index is 13.6. The third-order valence-corrected chi connectivity index (χ3v) is 5.38. The number of benzene rings is 1. The number of piperidine rings is 1. The van der Waals surface area contributed by atoms with Gasteiger partial charge in [-0.1, -0.05) is 0 Å². The predicted octanol–water partition coefficient (Wildman–Crippen LogP) is 4.46. The van der Waals surface area contributed by atoms with Crippen molar-refractivity contribution in [1.82, 2.24) is 20.3 Å². The average Bonchev–Trinajstić information content (AvgIpc) is 3.12. The van der Waals surface area contributed by atoms with Crippen LogP contribution >= 0.6 is 0 Å². The molecule has 1 aliphatic heterocycles. The highest BCUT2D eigenvalue weighted by Crippen LogP contribution is 2.37. The number of halogens is 3. The summed E-state index contributed by atoms with van der Waals surface area (Å²) in [6, 6.07) is 8.53. The number of anilines is 1. The van der Waals surface area contributed by atoms with Crippen LogP contribution in [0.25, 0.3) is 22.3 Å². The van der Waals surface area contributed by atoms with Gasteiger partial charge < -0.3 is 15.6 Å². The van der Waals surface area contributed by atoms with Gasteiger partial charge in [0.25, 0.3) is 0 Å². The largest absolute Gasteiger partial charge is 0.420 e. The average molecular weight is 414 g/mol. The third-order valence-electron chi connectivity index (χ3n) is 5.38. The van der Waals surface area contributed by atoms with E-state index in [9.17, 15) is 13.2 Å². The second kappa shape index (κ2) is 7.29. The molecule has 2 aromatic heterocycles. The SMILES string of the molecule is CC1(C)CCC(Nc2ncc(C(F)(F)F)c(-c3cc4cc(C#N)ccc4[nH]3)n2)CN1. The van der Waals surface area contributed by atoms with Crippen molar-refractivity contribution < 1.29 is 13.2 Å². The Balaban J connectivity index is 1.70. The zero-order valence-corrected chi connectivity index (χ0v) is 16.6. The maximum Gasteiger partial charge on any atom is 0.420 e. The topological polar surface area (TPSA) is 89.4 Å². The highest BCUT2D eigenvalue weighted by atomic mass is 19.4. The first-order chi connectivity index (χ1) is 14.1. The minimum Gasteiger partial charge on any atom is -0.353 e. The van der Waals surface area contributed by atoms with Crippen LogP contribution in [0.3, 0.4) is 0 Å². The van der Waals surface area contributed by atoms with Crippen molar-refractivity contribution in [1.29, 1.82) is 5.26 Å². The van der Waals surface area contributed by atoms with Crippen LogP contribution in [0, 0.1) is 11.3 Å². The van der Waals surface area contributed by atoms with Crippen molar-refractivity contribution in [2.45, 2.75) is 44.4 Å². The summed E-state index contributed by atoms with van der Waals surface area (Å²) < 4.78 is 40.8. The van der Waals surface area contributed by atoms with Gasteiger partial charge >= 0.3 is 6.18 Å². The Morgan fingerprint density at radius 1 is 1.27 bits per heavy atom. The Morgan fingerprint density at radius 2 is 2.07 bits per heavy atom. The van der Waals surface area contributed by atoms with Crippen LogP contribution in [-0.2, 0) is 6.18 Å². The number of nitriles is 1. The molecule has 0 radical (unpaired) electrons. The lowest BCUT2D eigenvalue weighted by Gasteiger charge is -2.36. The van der Waals surface area contributed by atoms with Crippen LogP contribution in [0.1, 0.15) is 37.8 Å². The van der Waals surface area contributed by atoms with E-state index in [0.29, 0.717) is 23.0 Å². The van der Waals surface area contributed by atoms with Gasteiger partial charge in [0.2, 0.25) is 5.95 Å². The zero-order valence-electron chi connectivity index (χ0n) is 16.6. The molecule has 1 atom stereocenters. The summed E-state index contributed by atoms with van der Waals surface area (Å²) in [7, 11) is 0. The molecule has 0 amide bonds. The zero-order chi connectivity index (χ0) is 21.5. The number of fused-ring (bicyclic) bond motifs is 1. The van der Waals surface area contributed by atoms with Crippen molar-refractivity contribution in [3.05, 3.63) is 41.6 Å². The molecule has 6 nitrogen and oxygen atoms in total. The lowest BCUT2D eigenvalue weighted by atomic mass is 9.91. The van der Waals surface area contributed by atoms with E-state index in [1.807, 2.05) is 6.07 Å². The Kier molecular flexibility index (Phi) is 4.90. The number of aromatic amines is 1. The third kappa shape index (κ3) is 4.09. The van der Waals surface area contributed by atoms with E-state index in [0.717, 1.165) is 19.0 Å². The van der Waals surface area contributed by atoms with Gasteiger partial charge in [-0.2, -0.15) is 18.4 Å². The van der Waals surface area contributed by atoms with Crippen molar-refractivity contribution in [2.24, 2.45) is 0 Å². The lowest BCUT2D eigenvalue weighted by Crippen LogP contribution is -2.50. The minimum atomic E-state index is -4.60.